The predicted octanol–water partition coefficient (Wildman–Crippen LogP) is 3.98. The van der Waals surface area contributed by atoms with Crippen LogP contribution in [-0.2, 0) is 4.79 Å². The molecule has 0 heterocycles. The summed E-state index contributed by atoms with van der Waals surface area (Å²) < 4.78 is 0. The van der Waals surface area contributed by atoms with Gasteiger partial charge in [0, 0.05) is 11.8 Å². The zero-order valence-corrected chi connectivity index (χ0v) is 11.0. The first-order chi connectivity index (χ1) is 7.42. The number of carbonyl (C=O) groups excluding carboxylic acids is 1. The van der Waals surface area contributed by atoms with Gasteiger partial charge >= 0.3 is 0 Å². The lowest BCUT2D eigenvalue weighted by atomic mass is 9.66. The fourth-order valence-corrected chi connectivity index (χ4v) is 3.42. The molecule has 0 N–H and O–H groups in total. The molecule has 3 atom stereocenters. The van der Waals surface area contributed by atoms with E-state index in [0.29, 0.717) is 23.0 Å². The summed E-state index contributed by atoms with van der Waals surface area (Å²) in [5.74, 6) is 1.59. The van der Waals surface area contributed by atoms with Gasteiger partial charge in [0.2, 0.25) is 0 Å². The molecular formula is C15H24O. The molecule has 16 heavy (non-hydrogen) atoms. The second-order valence-corrected chi connectivity index (χ2v) is 6.51. The summed E-state index contributed by atoms with van der Waals surface area (Å²) in [6.07, 6.45) is 6.86. The standard InChI is InChI=1S/C15H24O/c1-10-5-6-12-13(9-10)15(3,4)8-7-11(2)14(12)16/h9,11-13H,5-8H2,1-4H3/t11-,12+,13+/m0/s1. The average molecular weight is 220 g/mol. The SMILES string of the molecule is CC1=C[C@@H]2[C@@H](CC1)C(=O)[C@@H](C)CCC2(C)C. The van der Waals surface area contributed by atoms with E-state index < -0.39 is 0 Å². The van der Waals surface area contributed by atoms with Crippen LogP contribution in [0, 0.1) is 23.2 Å². The number of Topliss-reactive ketones (excluding diaryl/α,β-unsaturated/α-hetero) is 1. The molecule has 90 valence electrons. The molecule has 1 saturated carbocycles. The normalized spacial score (nSPS) is 38.6. The lowest BCUT2D eigenvalue weighted by Crippen LogP contribution is -2.34. The maximum Gasteiger partial charge on any atom is 0.139 e. The van der Waals surface area contributed by atoms with E-state index in [1.807, 2.05) is 0 Å². The van der Waals surface area contributed by atoms with E-state index in [9.17, 15) is 4.79 Å². The van der Waals surface area contributed by atoms with Gasteiger partial charge in [-0.1, -0.05) is 32.4 Å². The Morgan fingerprint density at radius 1 is 1.31 bits per heavy atom. The highest BCUT2D eigenvalue weighted by Crippen LogP contribution is 2.47. The number of ketones is 1. The molecule has 0 aromatic carbocycles. The van der Waals surface area contributed by atoms with Crippen LogP contribution in [0.5, 0.6) is 0 Å². The molecule has 0 aliphatic heterocycles. The van der Waals surface area contributed by atoms with Gasteiger partial charge < -0.3 is 0 Å². The van der Waals surface area contributed by atoms with Gasteiger partial charge in [-0.15, -0.1) is 0 Å². The van der Waals surface area contributed by atoms with Gasteiger partial charge in [-0.05, 0) is 43.9 Å². The highest BCUT2D eigenvalue weighted by atomic mass is 16.1. The molecule has 1 fully saturated rings. The van der Waals surface area contributed by atoms with E-state index in [0.717, 1.165) is 19.3 Å². The second kappa shape index (κ2) is 4.01. The first-order valence-corrected chi connectivity index (χ1v) is 6.63. The third-order valence-corrected chi connectivity index (χ3v) is 4.72. The first kappa shape index (κ1) is 11.9. The van der Waals surface area contributed by atoms with Crippen molar-refractivity contribution in [1.29, 1.82) is 0 Å². The lowest BCUT2D eigenvalue weighted by molar-refractivity contribution is -0.127. The van der Waals surface area contributed by atoms with Crippen molar-refractivity contribution in [3.63, 3.8) is 0 Å². The van der Waals surface area contributed by atoms with Gasteiger partial charge in [-0.3, -0.25) is 4.79 Å². The summed E-state index contributed by atoms with van der Waals surface area (Å²) in [6, 6.07) is 0. The van der Waals surface area contributed by atoms with Crippen LogP contribution in [0.15, 0.2) is 11.6 Å². The monoisotopic (exact) mass is 220 g/mol. The Kier molecular flexibility index (Phi) is 2.98. The van der Waals surface area contributed by atoms with E-state index in [2.05, 4.69) is 33.8 Å². The maximum atomic E-state index is 12.3. The molecule has 0 bridgehead atoms. The van der Waals surface area contributed by atoms with Gasteiger partial charge in [0.25, 0.3) is 0 Å². The van der Waals surface area contributed by atoms with E-state index in [1.165, 1.54) is 12.0 Å². The molecule has 0 saturated heterocycles. The maximum absolute atomic E-state index is 12.3. The minimum absolute atomic E-state index is 0.279. The molecule has 2 rings (SSSR count). The molecule has 0 amide bonds. The molecule has 2 aliphatic rings. The highest BCUT2D eigenvalue weighted by molar-refractivity contribution is 5.84. The Bertz CT molecular complexity index is 324. The first-order valence-electron chi connectivity index (χ1n) is 6.63. The molecule has 0 unspecified atom stereocenters. The van der Waals surface area contributed by atoms with Crippen molar-refractivity contribution in [1.82, 2.24) is 0 Å². The Balaban J connectivity index is 2.37. The second-order valence-electron chi connectivity index (χ2n) is 6.51. The largest absolute Gasteiger partial charge is 0.299 e. The van der Waals surface area contributed by atoms with Crippen LogP contribution < -0.4 is 0 Å². The lowest BCUT2D eigenvalue weighted by Gasteiger charge is -2.38. The molecular weight excluding hydrogens is 196 g/mol. The third kappa shape index (κ3) is 1.97. The van der Waals surface area contributed by atoms with Crippen LogP contribution in [0.4, 0.5) is 0 Å². The van der Waals surface area contributed by atoms with Gasteiger partial charge in [0.1, 0.15) is 5.78 Å². The molecule has 0 aromatic rings. The van der Waals surface area contributed by atoms with Crippen molar-refractivity contribution in [3.8, 4) is 0 Å². The average Bonchev–Trinajstić information content (AvgIpc) is 2.31. The van der Waals surface area contributed by atoms with Crippen molar-refractivity contribution in [2.45, 2.75) is 53.4 Å². The number of rotatable bonds is 0. The third-order valence-electron chi connectivity index (χ3n) is 4.72. The summed E-state index contributed by atoms with van der Waals surface area (Å²) in [5, 5.41) is 0. The molecule has 2 aliphatic carbocycles. The fraction of sp³-hybridized carbons (Fsp3) is 0.800. The summed E-state index contributed by atoms with van der Waals surface area (Å²) in [5.41, 5.74) is 1.78. The van der Waals surface area contributed by atoms with Crippen molar-refractivity contribution in [3.05, 3.63) is 11.6 Å². The topological polar surface area (TPSA) is 17.1 Å². The summed E-state index contributed by atoms with van der Waals surface area (Å²) in [6.45, 7) is 9.01. The summed E-state index contributed by atoms with van der Waals surface area (Å²) in [4.78, 5) is 12.3. The predicted molar refractivity (Wildman–Crippen MR) is 67.2 cm³/mol. The van der Waals surface area contributed by atoms with Gasteiger partial charge in [0.05, 0.1) is 0 Å². The van der Waals surface area contributed by atoms with Crippen LogP contribution in [0.1, 0.15) is 53.4 Å². The van der Waals surface area contributed by atoms with Crippen molar-refractivity contribution < 1.29 is 4.79 Å². The van der Waals surface area contributed by atoms with Crippen LogP contribution in [-0.4, -0.2) is 5.78 Å². The van der Waals surface area contributed by atoms with Crippen LogP contribution >= 0.6 is 0 Å². The number of carbonyl (C=O) groups is 1. The number of allylic oxidation sites excluding steroid dienone is 2. The van der Waals surface area contributed by atoms with Gasteiger partial charge in [-0.2, -0.15) is 0 Å². The van der Waals surface area contributed by atoms with Crippen molar-refractivity contribution in [2.75, 3.05) is 0 Å². The molecule has 0 spiro atoms. The number of hydrogen-bond donors (Lipinski definition) is 0. The quantitative estimate of drug-likeness (QED) is 0.564. The zero-order valence-electron chi connectivity index (χ0n) is 11.0. The Morgan fingerprint density at radius 3 is 2.69 bits per heavy atom. The highest BCUT2D eigenvalue weighted by Gasteiger charge is 2.43. The molecule has 1 nitrogen and oxygen atoms in total. The summed E-state index contributed by atoms with van der Waals surface area (Å²) >= 11 is 0. The number of hydrogen-bond acceptors (Lipinski definition) is 1. The summed E-state index contributed by atoms with van der Waals surface area (Å²) in [7, 11) is 0. The van der Waals surface area contributed by atoms with Gasteiger partial charge in [-0.25, -0.2) is 0 Å². The van der Waals surface area contributed by atoms with E-state index >= 15 is 0 Å². The number of fused-ring (bicyclic) bond motifs is 1. The van der Waals surface area contributed by atoms with E-state index in [-0.39, 0.29) is 5.92 Å². The minimum Gasteiger partial charge on any atom is -0.299 e. The molecule has 1 heteroatoms. The Labute approximate surface area is 99.3 Å². The minimum atomic E-state index is 0.279. The smallest absolute Gasteiger partial charge is 0.139 e. The van der Waals surface area contributed by atoms with Crippen LogP contribution in [0.3, 0.4) is 0 Å². The zero-order chi connectivity index (χ0) is 11.9. The molecule has 0 aromatic heterocycles. The van der Waals surface area contributed by atoms with E-state index in [4.69, 9.17) is 0 Å². The Hall–Kier alpha value is -0.590. The van der Waals surface area contributed by atoms with E-state index in [1.54, 1.807) is 0 Å². The molecule has 0 radical (unpaired) electrons. The van der Waals surface area contributed by atoms with Crippen LogP contribution in [0.25, 0.3) is 0 Å². The van der Waals surface area contributed by atoms with Crippen molar-refractivity contribution >= 4 is 5.78 Å². The fourth-order valence-electron chi connectivity index (χ4n) is 3.42. The van der Waals surface area contributed by atoms with Crippen LogP contribution in [0.2, 0.25) is 0 Å². The van der Waals surface area contributed by atoms with Crippen molar-refractivity contribution in [2.24, 2.45) is 23.2 Å². The Morgan fingerprint density at radius 2 is 2.00 bits per heavy atom. The van der Waals surface area contributed by atoms with Gasteiger partial charge in [0.15, 0.2) is 0 Å².